The third kappa shape index (κ3) is 2.46. The zero-order chi connectivity index (χ0) is 14.1. The number of piperazine rings is 1. The molecule has 2 aromatic rings. The minimum atomic E-state index is 0.530. The maximum atomic E-state index is 5.28. The molecule has 0 unspecified atom stereocenters. The van der Waals surface area contributed by atoms with Crippen LogP contribution in [0.1, 0.15) is 13.8 Å². The second-order valence-electron chi connectivity index (χ2n) is 5.71. The third-order valence-electron chi connectivity index (χ3n) is 4.13. The topological polar surface area (TPSA) is 24.5 Å². The first-order valence-electron chi connectivity index (χ1n) is 7.25. The van der Waals surface area contributed by atoms with Crippen LogP contribution in [0.2, 0.25) is 0 Å². The van der Waals surface area contributed by atoms with Crippen molar-refractivity contribution < 1.29 is 4.74 Å². The first-order chi connectivity index (χ1) is 9.67. The molecule has 1 aliphatic rings. The molecule has 3 rings (SSSR count). The van der Waals surface area contributed by atoms with Crippen LogP contribution in [0.4, 0.5) is 5.69 Å². The molecule has 3 nitrogen and oxygen atoms in total. The van der Waals surface area contributed by atoms with Gasteiger partial charge in [-0.05, 0) is 48.9 Å². The van der Waals surface area contributed by atoms with E-state index < -0.39 is 0 Å². The summed E-state index contributed by atoms with van der Waals surface area (Å²) < 4.78 is 5.28. The standard InChI is InChI=1S/C17H22N2O/c1-12-11-19(13(2)10-18-12)16-6-4-15-9-17(20-3)7-5-14(15)8-16/h4-9,12-13,18H,10-11H2,1-3H3/t12-,13+/m0/s1. The minimum Gasteiger partial charge on any atom is -0.497 e. The summed E-state index contributed by atoms with van der Waals surface area (Å²) in [6, 6.07) is 14.0. The van der Waals surface area contributed by atoms with Gasteiger partial charge in [-0.25, -0.2) is 0 Å². The molecule has 0 bridgehead atoms. The molecule has 0 spiro atoms. The Morgan fingerprint density at radius 1 is 1.10 bits per heavy atom. The SMILES string of the molecule is COc1ccc2cc(N3C[C@H](C)NC[C@H]3C)ccc2c1. The van der Waals surface area contributed by atoms with E-state index in [1.54, 1.807) is 7.11 Å². The van der Waals surface area contributed by atoms with Gasteiger partial charge in [0.2, 0.25) is 0 Å². The quantitative estimate of drug-likeness (QED) is 0.908. The Bertz CT molecular complexity index is 611. The van der Waals surface area contributed by atoms with E-state index in [2.05, 4.69) is 54.4 Å². The number of methoxy groups -OCH3 is 1. The van der Waals surface area contributed by atoms with Crippen LogP contribution in [-0.4, -0.2) is 32.3 Å². The van der Waals surface area contributed by atoms with E-state index in [9.17, 15) is 0 Å². The molecule has 106 valence electrons. The zero-order valence-electron chi connectivity index (χ0n) is 12.4. The van der Waals surface area contributed by atoms with E-state index in [0.29, 0.717) is 12.1 Å². The Hall–Kier alpha value is -1.74. The molecule has 0 aromatic heterocycles. The van der Waals surface area contributed by atoms with E-state index in [-0.39, 0.29) is 0 Å². The van der Waals surface area contributed by atoms with Crippen LogP contribution in [0.5, 0.6) is 5.75 Å². The number of nitrogens with one attached hydrogen (secondary N) is 1. The highest BCUT2D eigenvalue weighted by Gasteiger charge is 2.22. The van der Waals surface area contributed by atoms with Crippen LogP contribution < -0.4 is 15.0 Å². The van der Waals surface area contributed by atoms with Gasteiger partial charge in [0.1, 0.15) is 5.75 Å². The molecule has 1 fully saturated rings. The third-order valence-corrected chi connectivity index (χ3v) is 4.13. The summed E-state index contributed by atoms with van der Waals surface area (Å²) >= 11 is 0. The predicted octanol–water partition coefficient (Wildman–Crippen LogP) is 3.04. The molecule has 1 aliphatic heterocycles. The van der Waals surface area contributed by atoms with Gasteiger partial charge in [0.25, 0.3) is 0 Å². The normalized spacial score (nSPS) is 23.1. The van der Waals surface area contributed by atoms with Crippen molar-refractivity contribution in [2.24, 2.45) is 0 Å². The van der Waals surface area contributed by atoms with Crippen LogP contribution in [-0.2, 0) is 0 Å². The molecule has 20 heavy (non-hydrogen) atoms. The molecule has 2 atom stereocenters. The van der Waals surface area contributed by atoms with Crippen LogP contribution in [0.25, 0.3) is 10.8 Å². The van der Waals surface area contributed by atoms with Crippen molar-refractivity contribution in [1.29, 1.82) is 0 Å². The first-order valence-corrected chi connectivity index (χ1v) is 7.25. The van der Waals surface area contributed by atoms with Gasteiger partial charge in [-0.2, -0.15) is 0 Å². The summed E-state index contributed by atoms with van der Waals surface area (Å²) in [6.07, 6.45) is 0. The van der Waals surface area contributed by atoms with Gasteiger partial charge in [-0.3, -0.25) is 0 Å². The Balaban J connectivity index is 1.96. The van der Waals surface area contributed by atoms with Crippen molar-refractivity contribution >= 4 is 16.5 Å². The molecule has 1 saturated heterocycles. The first kappa shape index (κ1) is 13.3. The van der Waals surface area contributed by atoms with Crippen molar-refractivity contribution in [3.8, 4) is 5.75 Å². The van der Waals surface area contributed by atoms with E-state index in [0.717, 1.165) is 18.8 Å². The second-order valence-corrected chi connectivity index (χ2v) is 5.71. The summed E-state index contributed by atoms with van der Waals surface area (Å²) in [4.78, 5) is 2.49. The maximum Gasteiger partial charge on any atom is 0.119 e. The predicted molar refractivity (Wildman–Crippen MR) is 84.8 cm³/mol. The molecule has 0 saturated carbocycles. The van der Waals surface area contributed by atoms with E-state index in [1.807, 2.05) is 6.07 Å². The highest BCUT2D eigenvalue weighted by molar-refractivity contribution is 5.87. The fourth-order valence-electron chi connectivity index (χ4n) is 2.90. The fraction of sp³-hybridized carbons (Fsp3) is 0.412. The number of hydrogen-bond donors (Lipinski definition) is 1. The molecule has 0 amide bonds. The molecule has 2 aromatic carbocycles. The second kappa shape index (κ2) is 5.33. The van der Waals surface area contributed by atoms with E-state index in [1.165, 1.54) is 16.5 Å². The number of nitrogens with zero attached hydrogens (tertiary/aromatic N) is 1. The Labute approximate surface area is 120 Å². The number of benzene rings is 2. The molecular weight excluding hydrogens is 248 g/mol. The number of ether oxygens (including phenoxy) is 1. The fourth-order valence-corrected chi connectivity index (χ4v) is 2.90. The summed E-state index contributed by atoms with van der Waals surface area (Å²) in [5.74, 6) is 0.911. The number of rotatable bonds is 2. The lowest BCUT2D eigenvalue weighted by molar-refractivity contribution is 0.415. The van der Waals surface area contributed by atoms with Crippen molar-refractivity contribution in [3.05, 3.63) is 36.4 Å². The van der Waals surface area contributed by atoms with Crippen LogP contribution in [0, 0.1) is 0 Å². The molecule has 0 radical (unpaired) electrons. The maximum absolute atomic E-state index is 5.28. The van der Waals surface area contributed by atoms with Gasteiger partial charge >= 0.3 is 0 Å². The summed E-state index contributed by atoms with van der Waals surface area (Å²) in [7, 11) is 1.71. The van der Waals surface area contributed by atoms with Gasteiger partial charge in [0.15, 0.2) is 0 Å². The van der Waals surface area contributed by atoms with E-state index >= 15 is 0 Å². The molecule has 3 heteroatoms. The number of anilines is 1. The Morgan fingerprint density at radius 2 is 1.85 bits per heavy atom. The monoisotopic (exact) mass is 270 g/mol. The Morgan fingerprint density at radius 3 is 2.65 bits per heavy atom. The number of hydrogen-bond acceptors (Lipinski definition) is 3. The minimum absolute atomic E-state index is 0.530. The van der Waals surface area contributed by atoms with Crippen molar-refractivity contribution in [3.63, 3.8) is 0 Å². The van der Waals surface area contributed by atoms with Gasteiger partial charge in [0, 0.05) is 30.9 Å². The lowest BCUT2D eigenvalue weighted by Crippen LogP contribution is -2.54. The summed E-state index contributed by atoms with van der Waals surface area (Å²) in [6.45, 7) is 6.62. The van der Waals surface area contributed by atoms with Gasteiger partial charge in [-0.1, -0.05) is 12.1 Å². The van der Waals surface area contributed by atoms with Crippen molar-refractivity contribution in [2.75, 3.05) is 25.1 Å². The molecule has 1 N–H and O–H groups in total. The summed E-state index contributed by atoms with van der Waals surface area (Å²) in [5.41, 5.74) is 1.31. The highest BCUT2D eigenvalue weighted by atomic mass is 16.5. The zero-order valence-corrected chi connectivity index (χ0v) is 12.4. The average molecular weight is 270 g/mol. The summed E-state index contributed by atoms with van der Waals surface area (Å²) in [5, 5.41) is 6.02. The van der Waals surface area contributed by atoms with Crippen LogP contribution in [0.15, 0.2) is 36.4 Å². The van der Waals surface area contributed by atoms with Gasteiger partial charge < -0.3 is 15.0 Å². The van der Waals surface area contributed by atoms with Crippen molar-refractivity contribution in [2.45, 2.75) is 25.9 Å². The van der Waals surface area contributed by atoms with Crippen LogP contribution in [0.3, 0.4) is 0 Å². The highest BCUT2D eigenvalue weighted by Crippen LogP contribution is 2.27. The lowest BCUT2D eigenvalue weighted by atomic mass is 10.1. The van der Waals surface area contributed by atoms with Crippen LogP contribution >= 0.6 is 0 Å². The number of fused-ring (bicyclic) bond motifs is 1. The van der Waals surface area contributed by atoms with Crippen molar-refractivity contribution in [1.82, 2.24) is 5.32 Å². The molecule has 0 aliphatic carbocycles. The Kier molecular flexibility index (Phi) is 3.53. The smallest absolute Gasteiger partial charge is 0.119 e. The van der Waals surface area contributed by atoms with Gasteiger partial charge in [0.05, 0.1) is 7.11 Å². The van der Waals surface area contributed by atoms with Gasteiger partial charge in [-0.15, -0.1) is 0 Å². The largest absolute Gasteiger partial charge is 0.497 e. The average Bonchev–Trinajstić information content (AvgIpc) is 2.48. The van der Waals surface area contributed by atoms with E-state index in [4.69, 9.17) is 4.74 Å². The molecular formula is C17H22N2O. The molecule has 1 heterocycles. The lowest BCUT2D eigenvalue weighted by Gasteiger charge is -2.39.